The van der Waals surface area contributed by atoms with Gasteiger partial charge in [-0.1, -0.05) is 62.7 Å². The molecular formula is C35H37ClF5N9O2. The highest BCUT2D eigenvalue weighted by atomic mass is 35.5. The van der Waals surface area contributed by atoms with Gasteiger partial charge in [-0.25, -0.2) is 23.4 Å². The smallest absolute Gasteiger partial charge is 0.369 e. The molecule has 2 aliphatic rings. The summed E-state index contributed by atoms with van der Waals surface area (Å²) in [5.74, 6) is -4.86. The first-order chi connectivity index (χ1) is 24.4. The maximum absolute atomic E-state index is 14.9. The zero-order valence-corrected chi connectivity index (χ0v) is 29.5. The van der Waals surface area contributed by atoms with Crippen LogP contribution in [-0.2, 0) is 15.1 Å². The van der Waals surface area contributed by atoms with E-state index in [0.717, 1.165) is 36.3 Å². The number of ketones is 1. The van der Waals surface area contributed by atoms with Crippen LogP contribution in [0.4, 0.5) is 22.0 Å². The highest BCUT2D eigenvalue weighted by Gasteiger charge is 2.53. The van der Waals surface area contributed by atoms with E-state index in [-0.39, 0.29) is 35.1 Å². The van der Waals surface area contributed by atoms with E-state index in [9.17, 15) is 31.5 Å². The van der Waals surface area contributed by atoms with Crippen LogP contribution >= 0.6 is 11.6 Å². The summed E-state index contributed by atoms with van der Waals surface area (Å²) in [7, 11) is 0. The van der Waals surface area contributed by atoms with Crippen LogP contribution in [0.3, 0.4) is 0 Å². The van der Waals surface area contributed by atoms with Crippen LogP contribution in [0.15, 0.2) is 60.0 Å². The molecule has 0 spiro atoms. The number of hydrogen-bond acceptors (Lipinski definition) is 8. The van der Waals surface area contributed by atoms with Gasteiger partial charge in [-0.15, -0.1) is 0 Å². The Bertz CT molecular complexity index is 2000. The van der Waals surface area contributed by atoms with Crippen molar-refractivity contribution in [3.63, 3.8) is 0 Å². The van der Waals surface area contributed by atoms with Crippen LogP contribution in [0.25, 0.3) is 16.9 Å². The number of rotatable bonds is 12. The number of nitrogens with two attached hydrogens (primary N) is 1. The molecule has 11 nitrogen and oxygen atoms in total. The molecule has 3 atom stereocenters. The Morgan fingerprint density at radius 1 is 1.08 bits per heavy atom. The van der Waals surface area contributed by atoms with Crippen molar-refractivity contribution in [1.82, 2.24) is 34.7 Å². The standard InChI is InChI=1S/C35H37ClF5N9O2/c1-19(35(39,40)41)28(51)14-13-26(21-7-12-24(36)27(15-21)49-30(29(37)38)43-18-45-49)48-31(52)34(46-32(48)42,17-33(2,3)4)22-8-5-20(6-9-22)25-16-44-50(47-25)23-10-11-23/h5-9,12,15-16,18-19,23,26,29H,10-11,13-14,17H2,1-4H3,(H2,42,46)/t19-,26+,34+/m0/s1. The predicted molar refractivity (Wildman–Crippen MR) is 181 cm³/mol. The van der Waals surface area contributed by atoms with Gasteiger partial charge in [0.15, 0.2) is 17.3 Å². The number of aliphatic imine (C=N–C) groups is 1. The number of carbonyl (C=O) groups excluding carboxylic acids is 2. The van der Waals surface area contributed by atoms with Gasteiger partial charge in [-0.05, 0) is 61.3 Å². The normalized spacial score (nSPS) is 19.3. The first kappa shape index (κ1) is 37.0. The summed E-state index contributed by atoms with van der Waals surface area (Å²) in [4.78, 5) is 39.0. The Balaban J connectivity index is 1.41. The molecule has 17 heteroatoms. The molecule has 2 aromatic carbocycles. The Labute approximate surface area is 301 Å². The van der Waals surface area contributed by atoms with Gasteiger partial charge in [0, 0.05) is 12.0 Å². The molecule has 2 aromatic heterocycles. The Morgan fingerprint density at radius 3 is 2.38 bits per heavy atom. The molecule has 4 aromatic rings. The fourth-order valence-corrected chi connectivity index (χ4v) is 6.69. The molecule has 0 bridgehead atoms. The number of aromatic nitrogens is 6. The lowest BCUT2D eigenvalue weighted by atomic mass is 9.75. The van der Waals surface area contributed by atoms with Crippen LogP contribution in [0, 0.1) is 11.3 Å². The number of carbonyl (C=O) groups is 2. The molecule has 6 rings (SSSR count). The summed E-state index contributed by atoms with van der Waals surface area (Å²) in [6, 6.07) is 10.5. The average Bonchev–Trinajstić information content (AvgIpc) is 3.49. The van der Waals surface area contributed by atoms with Crippen molar-refractivity contribution >= 4 is 29.3 Å². The van der Waals surface area contributed by atoms with Crippen molar-refractivity contribution in [1.29, 1.82) is 0 Å². The SMILES string of the molecule is C[C@@H](C(=O)CC[C@H](c1ccc(Cl)c(-n2ncnc2C(F)F)c1)N1C(=O)[C@@](CC(C)(C)C)(c2ccc(-c3cnn(C4CC4)n3)cc2)N=C1N)C(F)(F)F. The number of halogens is 6. The third-order valence-electron chi connectivity index (χ3n) is 9.25. The van der Waals surface area contributed by atoms with Gasteiger partial charge < -0.3 is 5.73 Å². The van der Waals surface area contributed by atoms with E-state index < -0.39 is 59.5 Å². The number of hydrogen-bond donors (Lipinski definition) is 1. The zero-order chi connectivity index (χ0) is 37.7. The summed E-state index contributed by atoms with van der Waals surface area (Å²) in [6.07, 6.45) is -3.86. The van der Waals surface area contributed by atoms with Gasteiger partial charge in [-0.3, -0.25) is 14.5 Å². The average molecular weight is 746 g/mol. The second-order valence-corrected chi connectivity index (χ2v) is 14.8. The van der Waals surface area contributed by atoms with Gasteiger partial charge in [-0.2, -0.15) is 33.3 Å². The first-order valence-electron chi connectivity index (χ1n) is 16.7. The molecule has 1 aliphatic carbocycles. The number of amides is 1. The minimum absolute atomic E-state index is 0.00499. The molecule has 276 valence electrons. The van der Waals surface area contributed by atoms with E-state index in [0.29, 0.717) is 17.3 Å². The lowest BCUT2D eigenvalue weighted by Gasteiger charge is -2.35. The van der Waals surface area contributed by atoms with Crippen LogP contribution in [-0.4, -0.2) is 58.5 Å². The van der Waals surface area contributed by atoms with E-state index in [2.05, 4.69) is 20.3 Å². The lowest BCUT2D eigenvalue weighted by Crippen LogP contribution is -2.46. The Hall–Kier alpha value is -4.73. The van der Waals surface area contributed by atoms with E-state index in [1.807, 2.05) is 32.9 Å². The first-order valence-corrected chi connectivity index (χ1v) is 17.1. The van der Waals surface area contributed by atoms with Gasteiger partial charge in [0.2, 0.25) is 0 Å². The van der Waals surface area contributed by atoms with Crippen molar-refractivity contribution in [2.24, 2.45) is 22.1 Å². The number of alkyl halides is 5. The molecule has 1 amide bonds. The topological polar surface area (TPSA) is 137 Å². The number of guanidine groups is 1. The molecule has 0 saturated heterocycles. The highest BCUT2D eigenvalue weighted by molar-refractivity contribution is 6.32. The molecule has 2 N–H and O–H groups in total. The van der Waals surface area contributed by atoms with Crippen LogP contribution < -0.4 is 5.73 Å². The molecule has 0 radical (unpaired) electrons. The fourth-order valence-electron chi connectivity index (χ4n) is 6.49. The van der Waals surface area contributed by atoms with Gasteiger partial charge in [0.05, 0.1) is 29.0 Å². The van der Waals surface area contributed by atoms with E-state index in [1.54, 1.807) is 23.1 Å². The maximum atomic E-state index is 14.9. The zero-order valence-electron chi connectivity index (χ0n) is 28.8. The molecule has 3 heterocycles. The number of benzene rings is 2. The summed E-state index contributed by atoms with van der Waals surface area (Å²) in [5.41, 5.74) is 6.69. The van der Waals surface area contributed by atoms with Crippen molar-refractivity contribution in [2.75, 3.05) is 0 Å². The molecule has 0 unspecified atom stereocenters. The van der Waals surface area contributed by atoms with Gasteiger partial charge in [0.1, 0.15) is 23.7 Å². The Morgan fingerprint density at radius 2 is 1.77 bits per heavy atom. The monoisotopic (exact) mass is 745 g/mol. The summed E-state index contributed by atoms with van der Waals surface area (Å²) in [5, 5.41) is 12.8. The predicted octanol–water partition coefficient (Wildman–Crippen LogP) is 7.53. The van der Waals surface area contributed by atoms with Gasteiger partial charge in [0.25, 0.3) is 12.3 Å². The van der Waals surface area contributed by atoms with E-state index in [4.69, 9.17) is 22.3 Å². The summed E-state index contributed by atoms with van der Waals surface area (Å²) in [6.45, 7) is 6.56. The Kier molecular flexibility index (Phi) is 9.74. The molecule has 1 saturated carbocycles. The van der Waals surface area contributed by atoms with Crippen LogP contribution in [0.1, 0.15) is 95.3 Å². The van der Waals surface area contributed by atoms with E-state index >= 15 is 0 Å². The molecule has 1 fully saturated rings. The summed E-state index contributed by atoms with van der Waals surface area (Å²) >= 11 is 6.43. The molecule has 52 heavy (non-hydrogen) atoms. The molecular weight excluding hydrogens is 709 g/mol. The fraction of sp³-hybridized carbons (Fsp3) is 0.457. The third-order valence-corrected chi connectivity index (χ3v) is 9.57. The highest BCUT2D eigenvalue weighted by Crippen LogP contribution is 2.46. The van der Waals surface area contributed by atoms with Crippen molar-refractivity contribution in [2.45, 2.75) is 90.0 Å². The van der Waals surface area contributed by atoms with Crippen molar-refractivity contribution in [3.05, 3.63) is 77.0 Å². The minimum atomic E-state index is -4.77. The number of nitrogens with zero attached hydrogens (tertiary/aromatic N) is 8. The largest absolute Gasteiger partial charge is 0.398 e. The lowest BCUT2D eigenvalue weighted by molar-refractivity contribution is -0.177. The quantitative estimate of drug-likeness (QED) is 0.148. The minimum Gasteiger partial charge on any atom is -0.369 e. The number of Topliss-reactive ketones (excluding diaryl/α,β-unsaturated/α-hetero) is 1. The third kappa shape index (κ3) is 7.30. The second kappa shape index (κ2) is 13.7. The molecule has 1 aliphatic heterocycles. The van der Waals surface area contributed by atoms with Crippen LogP contribution in [0.2, 0.25) is 5.02 Å². The van der Waals surface area contributed by atoms with Crippen LogP contribution in [0.5, 0.6) is 0 Å². The van der Waals surface area contributed by atoms with Crippen molar-refractivity contribution < 1.29 is 31.5 Å². The van der Waals surface area contributed by atoms with E-state index in [1.165, 1.54) is 23.1 Å². The maximum Gasteiger partial charge on any atom is 0.398 e. The summed E-state index contributed by atoms with van der Waals surface area (Å²) < 4.78 is 69.1. The van der Waals surface area contributed by atoms with Gasteiger partial charge >= 0.3 is 6.18 Å². The van der Waals surface area contributed by atoms with Crippen molar-refractivity contribution in [3.8, 4) is 16.9 Å². The second-order valence-electron chi connectivity index (χ2n) is 14.4.